The van der Waals surface area contributed by atoms with E-state index in [1.165, 1.54) is 12.1 Å². The van der Waals surface area contributed by atoms with Crippen molar-refractivity contribution in [2.75, 3.05) is 13.2 Å². The van der Waals surface area contributed by atoms with E-state index in [4.69, 9.17) is 9.47 Å². The van der Waals surface area contributed by atoms with Gasteiger partial charge in [-0.3, -0.25) is 4.79 Å². The quantitative estimate of drug-likeness (QED) is 0.884. The summed E-state index contributed by atoms with van der Waals surface area (Å²) in [6, 6.07) is 2.91. The standard InChI is InChI=1S/C18H20F3N3O3/c19-18(20,21)17-23-12-8-14-15(27-7-6-26-14)9-13(12)24(17)10-16(25)22-11-4-2-1-3-5-11/h8-9,11H,1-7,10H2,(H,22,25). The molecule has 2 heterocycles. The molecule has 0 atom stereocenters. The maximum Gasteiger partial charge on any atom is 0.449 e. The largest absolute Gasteiger partial charge is 0.486 e. The van der Waals surface area contributed by atoms with Crippen LogP contribution < -0.4 is 14.8 Å². The van der Waals surface area contributed by atoms with Gasteiger partial charge in [-0.2, -0.15) is 13.2 Å². The molecule has 9 heteroatoms. The molecule has 1 aromatic carbocycles. The van der Waals surface area contributed by atoms with Crippen LogP contribution in [0.4, 0.5) is 13.2 Å². The summed E-state index contributed by atoms with van der Waals surface area (Å²) in [5.74, 6) is -0.824. The maximum atomic E-state index is 13.5. The highest BCUT2D eigenvalue weighted by Gasteiger charge is 2.38. The van der Waals surface area contributed by atoms with Crippen LogP contribution in [0.15, 0.2) is 12.1 Å². The summed E-state index contributed by atoms with van der Waals surface area (Å²) in [5.41, 5.74) is 0.322. The molecule has 0 radical (unpaired) electrons. The van der Waals surface area contributed by atoms with E-state index in [1.54, 1.807) is 0 Å². The fourth-order valence-corrected chi connectivity index (χ4v) is 3.70. The number of imidazole rings is 1. The highest BCUT2D eigenvalue weighted by Crippen LogP contribution is 2.38. The van der Waals surface area contributed by atoms with Gasteiger partial charge in [-0.1, -0.05) is 19.3 Å². The molecule has 27 heavy (non-hydrogen) atoms. The number of alkyl halides is 3. The molecule has 0 bridgehead atoms. The number of amides is 1. The molecule has 2 aromatic rings. The highest BCUT2D eigenvalue weighted by molar-refractivity contribution is 5.84. The molecule has 1 saturated carbocycles. The van der Waals surface area contributed by atoms with Crippen LogP contribution in [0.5, 0.6) is 11.5 Å². The molecule has 2 aliphatic rings. The van der Waals surface area contributed by atoms with E-state index in [9.17, 15) is 18.0 Å². The number of halogens is 3. The van der Waals surface area contributed by atoms with Crippen molar-refractivity contribution in [3.8, 4) is 11.5 Å². The third-order valence-electron chi connectivity index (χ3n) is 4.94. The summed E-state index contributed by atoms with van der Waals surface area (Å²) in [6.07, 6.45) is 0.227. The van der Waals surface area contributed by atoms with E-state index in [0.717, 1.165) is 36.7 Å². The van der Waals surface area contributed by atoms with Crippen LogP contribution in [0.2, 0.25) is 0 Å². The van der Waals surface area contributed by atoms with E-state index in [0.29, 0.717) is 24.7 Å². The van der Waals surface area contributed by atoms with E-state index in [2.05, 4.69) is 10.3 Å². The van der Waals surface area contributed by atoms with Crippen LogP contribution in [0.25, 0.3) is 11.0 Å². The van der Waals surface area contributed by atoms with Gasteiger partial charge in [0.25, 0.3) is 0 Å². The fraction of sp³-hybridized carbons (Fsp3) is 0.556. The molecule has 0 unspecified atom stereocenters. The van der Waals surface area contributed by atoms with Gasteiger partial charge in [0.1, 0.15) is 19.8 Å². The second-order valence-corrected chi connectivity index (χ2v) is 6.91. The molecule has 4 rings (SSSR count). The van der Waals surface area contributed by atoms with Crippen LogP contribution >= 0.6 is 0 Å². The maximum absolute atomic E-state index is 13.5. The van der Waals surface area contributed by atoms with Crippen molar-refractivity contribution in [3.63, 3.8) is 0 Å². The smallest absolute Gasteiger partial charge is 0.449 e. The first-order valence-corrected chi connectivity index (χ1v) is 9.08. The minimum Gasteiger partial charge on any atom is -0.486 e. The molecular formula is C18H20F3N3O3. The summed E-state index contributed by atoms with van der Waals surface area (Å²) in [6.45, 7) is 0.206. The topological polar surface area (TPSA) is 65.4 Å². The third kappa shape index (κ3) is 3.68. The number of hydrogen-bond acceptors (Lipinski definition) is 4. The lowest BCUT2D eigenvalue weighted by Gasteiger charge is -2.23. The van der Waals surface area contributed by atoms with Crippen LogP contribution in [0, 0.1) is 0 Å². The van der Waals surface area contributed by atoms with Crippen LogP contribution in [0.1, 0.15) is 37.9 Å². The number of aromatic nitrogens is 2. The molecule has 1 fully saturated rings. The number of carbonyl (C=O) groups excluding carboxylic acids is 1. The predicted octanol–water partition coefficient (Wildman–Crippen LogP) is 3.28. The Kier molecular flexibility index (Phi) is 4.61. The van der Waals surface area contributed by atoms with Crippen molar-refractivity contribution < 1.29 is 27.4 Å². The molecule has 1 N–H and O–H groups in total. The number of nitrogens with one attached hydrogen (secondary N) is 1. The number of rotatable bonds is 3. The molecule has 146 valence electrons. The monoisotopic (exact) mass is 383 g/mol. The second-order valence-electron chi connectivity index (χ2n) is 6.91. The number of benzene rings is 1. The van der Waals surface area contributed by atoms with Crippen LogP contribution in [-0.2, 0) is 17.5 Å². The van der Waals surface area contributed by atoms with Gasteiger partial charge < -0.3 is 19.4 Å². The molecule has 0 saturated heterocycles. The average molecular weight is 383 g/mol. The Bertz CT molecular complexity index is 857. The van der Waals surface area contributed by atoms with Crippen molar-refractivity contribution in [1.29, 1.82) is 0 Å². The summed E-state index contributed by atoms with van der Waals surface area (Å²) < 4.78 is 52.3. The lowest BCUT2D eigenvalue weighted by Crippen LogP contribution is -2.38. The molecule has 0 spiro atoms. The third-order valence-corrected chi connectivity index (χ3v) is 4.94. The number of carbonyl (C=O) groups is 1. The molecule has 1 aromatic heterocycles. The van der Waals surface area contributed by atoms with Crippen molar-refractivity contribution in [1.82, 2.24) is 14.9 Å². The zero-order valence-corrected chi connectivity index (χ0v) is 14.6. The normalized spacial score (nSPS) is 17.9. The Morgan fingerprint density at radius 3 is 2.48 bits per heavy atom. The van der Waals surface area contributed by atoms with Crippen LogP contribution in [0.3, 0.4) is 0 Å². The Morgan fingerprint density at radius 1 is 1.15 bits per heavy atom. The van der Waals surface area contributed by atoms with Gasteiger partial charge >= 0.3 is 6.18 Å². The van der Waals surface area contributed by atoms with Gasteiger partial charge in [-0.25, -0.2) is 4.98 Å². The minimum absolute atomic E-state index is 0.0277. The predicted molar refractivity (Wildman–Crippen MR) is 90.7 cm³/mol. The molecule has 1 aliphatic carbocycles. The summed E-state index contributed by atoms with van der Waals surface area (Å²) >= 11 is 0. The van der Waals surface area contributed by atoms with Gasteiger partial charge in [0.15, 0.2) is 11.5 Å². The number of fused-ring (bicyclic) bond motifs is 2. The summed E-state index contributed by atoms with van der Waals surface area (Å²) in [4.78, 5) is 16.1. The Labute approximate surface area is 153 Å². The lowest BCUT2D eigenvalue weighted by molar-refractivity contribution is -0.147. The van der Waals surface area contributed by atoms with Crippen molar-refractivity contribution >= 4 is 16.9 Å². The van der Waals surface area contributed by atoms with Crippen molar-refractivity contribution in [2.24, 2.45) is 0 Å². The Balaban J connectivity index is 1.67. The summed E-state index contributed by atoms with van der Waals surface area (Å²) in [7, 11) is 0. The van der Waals surface area contributed by atoms with E-state index in [-0.39, 0.29) is 17.1 Å². The van der Waals surface area contributed by atoms with E-state index in [1.807, 2.05) is 0 Å². The SMILES string of the molecule is O=C(Cn1c(C(F)(F)F)nc2cc3c(cc21)OCCO3)NC1CCCCC1. The van der Waals surface area contributed by atoms with Crippen molar-refractivity contribution in [2.45, 2.75) is 50.9 Å². The first-order chi connectivity index (χ1) is 12.9. The highest BCUT2D eigenvalue weighted by atomic mass is 19.4. The van der Waals surface area contributed by atoms with Crippen molar-refractivity contribution in [3.05, 3.63) is 18.0 Å². The molecular weight excluding hydrogens is 363 g/mol. The number of ether oxygens (including phenoxy) is 2. The first-order valence-electron chi connectivity index (χ1n) is 9.08. The fourth-order valence-electron chi connectivity index (χ4n) is 3.70. The van der Waals surface area contributed by atoms with Gasteiger partial charge in [-0.05, 0) is 12.8 Å². The van der Waals surface area contributed by atoms with Gasteiger partial charge in [0.2, 0.25) is 11.7 Å². The zero-order valence-electron chi connectivity index (χ0n) is 14.6. The van der Waals surface area contributed by atoms with E-state index >= 15 is 0 Å². The zero-order chi connectivity index (χ0) is 19.0. The molecule has 1 aliphatic heterocycles. The van der Waals surface area contributed by atoms with Crippen LogP contribution in [-0.4, -0.2) is 34.7 Å². The summed E-state index contributed by atoms with van der Waals surface area (Å²) in [5, 5.41) is 2.85. The van der Waals surface area contributed by atoms with E-state index < -0.39 is 24.5 Å². The Hall–Kier alpha value is -2.45. The number of nitrogens with zero attached hydrogens (tertiary/aromatic N) is 2. The Morgan fingerprint density at radius 2 is 1.81 bits per heavy atom. The average Bonchev–Trinajstić information content (AvgIpc) is 2.98. The van der Waals surface area contributed by atoms with Gasteiger partial charge in [0, 0.05) is 18.2 Å². The molecule has 6 nitrogen and oxygen atoms in total. The van der Waals surface area contributed by atoms with Gasteiger partial charge in [0.05, 0.1) is 11.0 Å². The lowest BCUT2D eigenvalue weighted by atomic mass is 9.95. The second kappa shape index (κ2) is 6.94. The first kappa shape index (κ1) is 17.9. The van der Waals surface area contributed by atoms with Gasteiger partial charge in [-0.15, -0.1) is 0 Å². The number of hydrogen-bond donors (Lipinski definition) is 1. The minimum atomic E-state index is -4.67. The molecule has 1 amide bonds.